The number of hydrogen-bond acceptors (Lipinski definition) is 11. The molecule has 1 saturated carbocycles. The van der Waals surface area contributed by atoms with Crippen molar-refractivity contribution in [2.24, 2.45) is 0 Å². The topological polar surface area (TPSA) is 147 Å². The van der Waals surface area contributed by atoms with Gasteiger partial charge in [0.25, 0.3) is 0 Å². The zero-order valence-electron chi connectivity index (χ0n) is 21.9. The molecule has 1 unspecified atom stereocenters. The first kappa shape index (κ1) is 25.5. The van der Waals surface area contributed by atoms with Crippen LogP contribution in [0.3, 0.4) is 0 Å². The molecular weight excluding hydrogens is 488 g/mol. The summed E-state index contributed by atoms with van der Waals surface area (Å²) < 4.78 is 13.2. The van der Waals surface area contributed by atoms with Gasteiger partial charge in [-0.15, -0.1) is 0 Å². The molecule has 5 heterocycles. The van der Waals surface area contributed by atoms with Crippen LogP contribution in [0.25, 0.3) is 11.2 Å². The lowest BCUT2D eigenvalue weighted by atomic mass is 10.1. The Labute approximate surface area is 221 Å². The summed E-state index contributed by atoms with van der Waals surface area (Å²) in [5.41, 5.74) is 1.90. The average Bonchev–Trinajstić information content (AvgIpc) is 3.74. The van der Waals surface area contributed by atoms with Gasteiger partial charge < -0.3 is 35.0 Å². The maximum Gasteiger partial charge on any atom is 0.226 e. The maximum absolute atomic E-state index is 11.0. The van der Waals surface area contributed by atoms with E-state index in [1.807, 2.05) is 6.92 Å². The van der Waals surface area contributed by atoms with Crippen LogP contribution in [0.2, 0.25) is 0 Å². The van der Waals surface area contributed by atoms with Crippen molar-refractivity contribution in [3.8, 4) is 0 Å². The molecule has 0 radical (unpaired) electrons. The first-order valence-electron chi connectivity index (χ1n) is 14.0. The van der Waals surface area contributed by atoms with Gasteiger partial charge >= 0.3 is 0 Å². The van der Waals surface area contributed by atoms with Crippen molar-refractivity contribution in [1.82, 2.24) is 29.6 Å². The number of fused-ring (bicyclic) bond motifs is 1. The summed E-state index contributed by atoms with van der Waals surface area (Å²) in [6, 6.07) is 2.10. The number of nitrogens with zero attached hydrogens (tertiary/aromatic N) is 6. The van der Waals surface area contributed by atoms with Gasteiger partial charge in [0.05, 0.1) is 12.0 Å². The highest BCUT2D eigenvalue weighted by molar-refractivity contribution is 5.84. The zero-order valence-corrected chi connectivity index (χ0v) is 21.9. The van der Waals surface area contributed by atoms with E-state index in [0.717, 1.165) is 44.7 Å². The van der Waals surface area contributed by atoms with Crippen LogP contribution in [0.4, 0.5) is 11.8 Å². The molecule has 0 spiro atoms. The normalized spacial score (nSPS) is 26.9. The minimum Gasteiger partial charge on any atom is -0.387 e. The minimum atomic E-state index is -1.20. The number of aliphatic hydroxyl groups is 2. The van der Waals surface area contributed by atoms with Crippen molar-refractivity contribution >= 4 is 22.9 Å². The molecule has 3 aromatic rings. The lowest BCUT2D eigenvalue weighted by molar-refractivity contribution is -0.0434. The largest absolute Gasteiger partial charge is 0.387 e. The van der Waals surface area contributed by atoms with Crippen LogP contribution >= 0.6 is 0 Å². The molecular formula is C26H38N8O4. The van der Waals surface area contributed by atoms with Crippen molar-refractivity contribution < 1.29 is 19.5 Å². The summed E-state index contributed by atoms with van der Waals surface area (Å²) >= 11 is 0. The lowest BCUT2D eigenvalue weighted by Gasteiger charge is -2.26. The Balaban J connectivity index is 1.27. The van der Waals surface area contributed by atoms with Crippen LogP contribution in [0.1, 0.15) is 75.7 Å². The van der Waals surface area contributed by atoms with E-state index < -0.39 is 24.5 Å². The maximum atomic E-state index is 11.0. The second kappa shape index (κ2) is 11.1. The molecule has 6 rings (SSSR count). The molecule has 4 N–H and O–H groups in total. The Morgan fingerprint density at radius 2 is 1.87 bits per heavy atom. The van der Waals surface area contributed by atoms with Crippen LogP contribution in [0.15, 0.2) is 16.9 Å². The van der Waals surface area contributed by atoms with Crippen LogP contribution in [0, 0.1) is 0 Å². The first-order valence-corrected chi connectivity index (χ1v) is 14.0. The van der Waals surface area contributed by atoms with E-state index in [9.17, 15) is 10.2 Å². The second-order valence-corrected chi connectivity index (χ2v) is 10.7. The number of anilines is 2. The molecule has 38 heavy (non-hydrogen) atoms. The molecule has 0 amide bonds. The Bertz CT molecular complexity index is 1220. The number of aromatic nitrogens is 5. The van der Waals surface area contributed by atoms with Crippen LogP contribution in [-0.4, -0.2) is 84.2 Å². The van der Waals surface area contributed by atoms with Gasteiger partial charge in [-0.3, -0.25) is 4.57 Å². The molecule has 3 fully saturated rings. The van der Waals surface area contributed by atoms with E-state index in [0.29, 0.717) is 41.2 Å². The number of imidazole rings is 1. The number of ether oxygens (including phenoxy) is 1. The summed E-state index contributed by atoms with van der Waals surface area (Å²) in [7, 11) is 0. The molecule has 206 valence electrons. The first-order chi connectivity index (χ1) is 18.6. The Morgan fingerprint density at radius 3 is 2.63 bits per heavy atom. The predicted octanol–water partition coefficient (Wildman–Crippen LogP) is 2.62. The van der Waals surface area contributed by atoms with Crippen molar-refractivity contribution in [2.75, 3.05) is 36.8 Å². The highest BCUT2D eigenvalue weighted by atomic mass is 16.6. The third-order valence-electron chi connectivity index (χ3n) is 8.01. The number of aryl methyl sites for hydroxylation is 1. The van der Waals surface area contributed by atoms with Gasteiger partial charge in [0.2, 0.25) is 5.95 Å². The van der Waals surface area contributed by atoms with E-state index >= 15 is 0 Å². The molecule has 1 aliphatic carbocycles. The predicted molar refractivity (Wildman–Crippen MR) is 141 cm³/mol. The van der Waals surface area contributed by atoms with E-state index in [-0.39, 0.29) is 0 Å². The van der Waals surface area contributed by atoms with Crippen molar-refractivity contribution in [3.05, 3.63) is 23.8 Å². The lowest BCUT2D eigenvalue weighted by Crippen LogP contribution is -2.34. The molecule has 0 aromatic carbocycles. The van der Waals surface area contributed by atoms with Crippen LogP contribution < -0.4 is 10.6 Å². The molecule has 3 aliphatic rings. The van der Waals surface area contributed by atoms with Gasteiger partial charge in [-0.1, -0.05) is 31.3 Å². The SMILES string of the molecule is CCc1cc(C2O[C@@H](n3cnc4c(NC5CCCC5)nc(NCCN5CCCCC5)nc43)[C@H](O)[C@@H]2O)on1. The van der Waals surface area contributed by atoms with Crippen molar-refractivity contribution in [3.63, 3.8) is 0 Å². The average molecular weight is 527 g/mol. The van der Waals surface area contributed by atoms with Crippen molar-refractivity contribution in [1.29, 1.82) is 0 Å². The Morgan fingerprint density at radius 1 is 1.05 bits per heavy atom. The monoisotopic (exact) mass is 526 g/mol. The number of piperidine rings is 1. The van der Waals surface area contributed by atoms with Crippen LogP contribution in [-0.2, 0) is 11.2 Å². The highest BCUT2D eigenvalue weighted by Gasteiger charge is 2.47. The van der Waals surface area contributed by atoms with E-state index in [1.165, 1.54) is 32.1 Å². The molecule has 0 bridgehead atoms. The standard InChI is InChI=1S/C26H38N8O4/c1-2-16-14-18(38-32-16)22-20(35)21(36)25(37-22)34-15-28-19-23(29-17-8-4-5-9-17)30-26(31-24(19)34)27-10-13-33-11-6-3-7-12-33/h14-15,17,20-22,25,35-36H,2-13H2,1H3,(H2,27,29,30,31)/t20-,21+,22?,25+/m0/s1. The summed E-state index contributed by atoms with van der Waals surface area (Å²) in [4.78, 5) is 16.6. The fraction of sp³-hybridized carbons (Fsp3) is 0.692. The van der Waals surface area contributed by atoms with Gasteiger partial charge in [0, 0.05) is 25.2 Å². The number of hydrogen-bond donors (Lipinski definition) is 4. The quantitative estimate of drug-likeness (QED) is 0.326. The number of aliphatic hydroxyl groups excluding tert-OH is 2. The highest BCUT2D eigenvalue weighted by Crippen LogP contribution is 2.40. The van der Waals surface area contributed by atoms with Gasteiger partial charge in [-0.25, -0.2) is 4.98 Å². The van der Waals surface area contributed by atoms with Gasteiger partial charge in [0.1, 0.15) is 18.3 Å². The number of nitrogens with one attached hydrogen (secondary N) is 2. The molecule has 12 heteroatoms. The minimum absolute atomic E-state index is 0.346. The number of likely N-dealkylation sites (tertiary alicyclic amines) is 1. The van der Waals surface area contributed by atoms with Gasteiger partial charge in [-0.05, 0) is 45.2 Å². The van der Waals surface area contributed by atoms with Crippen molar-refractivity contribution in [2.45, 2.75) is 88.9 Å². The third kappa shape index (κ3) is 5.09. The summed E-state index contributed by atoms with van der Waals surface area (Å²) in [5.74, 6) is 1.57. The van der Waals surface area contributed by atoms with E-state index in [1.54, 1.807) is 17.0 Å². The molecule has 2 aliphatic heterocycles. The fourth-order valence-corrected chi connectivity index (χ4v) is 5.81. The second-order valence-electron chi connectivity index (χ2n) is 10.7. The summed E-state index contributed by atoms with van der Waals surface area (Å²) in [6.45, 7) is 5.90. The van der Waals surface area contributed by atoms with E-state index in [4.69, 9.17) is 19.2 Å². The van der Waals surface area contributed by atoms with Gasteiger partial charge in [0.15, 0.2) is 29.0 Å². The molecule has 2 saturated heterocycles. The molecule has 3 aromatic heterocycles. The van der Waals surface area contributed by atoms with Crippen LogP contribution in [0.5, 0.6) is 0 Å². The Hall–Kier alpha value is -2.80. The third-order valence-corrected chi connectivity index (χ3v) is 8.01. The summed E-state index contributed by atoms with van der Waals surface area (Å²) in [6.07, 6.45) is 6.56. The summed E-state index contributed by atoms with van der Waals surface area (Å²) in [5, 5.41) is 32.8. The molecule has 12 nitrogen and oxygen atoms in total. The number of rotatable bonds is 9. The van der Waals surface area contributed by atoms with E-state index in [2.05, 4.69) is 25.7 Å². The molecule has 4 atom stereocenters. The Kier molecular flexibility index (Phi) is 7.46. The van der Waals surface area contributed by atoms with Gasteiger partial charge in [-0.2, -0.15) is 9.97 Å². The smallest absolute Gasteiger partial charge is 0.226 e. The zero-order chi connectivity index (χ0) is 26.1. The fourth-order valence-electron chi connectivity index (χ4n) is 5.81.